The van der Waals surface area contributed by atoms with Crippen LogP contribution in [0.15, 0.2) is 0 Å². The Balaban J connectivity index is 0.00000180. The van der Waals surface area contributed by atoms with Crippen LogP contribution in [-0.4, -0.2) is 54.5 Å². The van der Waals surface area contributed by atoms with E-state index in [1.54, 1.807) is 0 Å². The third-order valence-electron chi connectivity index (χ3n) is 3.94. The van der Waals surface area contributed by atoms with Gasteiger partial charge in [0.15, 0.2) is 0 Å². The van der Waals surface area contributed by atoms with E-state index < -0.39 is 0 Å². The van der Waals surface area contributed by atoms with E-state index in [1.165, 1.54) is 19.4 Å². The molecule has 20 heavy (non-hydrogen) atoms. The number of halogens is 2. The quantitative estimate of drug-likeness (QED) is 0.837. The first-order valence-electron chi connectivity index (χ1n) is 7.33. The zero-order chi connectivity index (χ0) is 13.1. The predicted octanol–water partition coefficient (Wildman–Crippen LogP) is 1.76. The van der Waals surface area contributed by atoms with Gasteiger partial charge in [-0.05, 0) is 31.1 Å². The second-order valence-electron chi connectivity index (χ2n) is 6.31. The van der Waals surface area contributed by atoms with Gasteiger partial charge in [-0.2, -0.15) is 0 Å². The molecule has 2 rings (SSSR count). The first-order chi connectivity index (χ1) is 8.56. The van der Waals surface area contributed by atoms with Gasteiger partial charge >= 0.3 is 0 Å². The molecule has 0 aromatic heterocycles. The zero-order valence-electron chi connectivity index (χ0n) is 12.6. The first-order valence-corrected chi connectivity index (χ1v) is 7.33. The van der Waals surface area contributed by atoms with Crippen molar-refractivity contribution in [1.29, 1.82) is 0 Å². The smallest absolute Gasteiger partial charge is 0.239 e. The van der Waals surface area contributed by atoms with Gasteiger partial charge in [-0.3, -0.25) is 9.69 Å². The zero-order valence-corrected chi connectivity index (χ0v) is 14.2. The molecule has 0 aromatic rings. The van der Waals surface area contributed by atoms with E-state index in [0.29, 0.717) is 5.92 Å². The van der Waals surface area contributed by atoms with E-state index in [4.69, 9.17) is 5.73 Å². The topological polar surface area (TPSA) is 49.6 Å². The average Bonchev–Trinajstić information content (AvgIpc) is 3.12. The van der Waals surface area contributed by atoms with Crippen LogP contribution < -0.4 is 5.73 Å². The Hall–Kier alpha value is -0.0300. The molecule has 2 aliphatic rings. The molecule has 1 heterocycles. The van der Waals surface area contributed by atoms with Gasteiger partial charge in [0.1, 0.15) is 0 Å². The van der Waals surface area contributed by atoms with Gasteiger partial charge < -0.3 is 10.6 Å². The lowest BCUT2D eigenvalue weighted by molar-refractivity contribution is -0.134. The summed E-state index contributed by atoms with van der Waals surface area (Å²) in [4.78, 5) is 16.6. The molecule has 0 radical (unpaired) electrons. The Morgan fingerprint density at radius 1 is 1.15 bits per heavy atom. The normalized spacial score (nSPS) is 21.1. The number of hydrogen-bond donors (Lipinski definition) is 1. The number of nitrogens with two attached hydrogens (primary N) is 1. The summed E-state index contributed by atoms with van der Waals surface area (Å²) in [5.74, 6) is 1.57. The van der Waals surface area contributed by atoms with Crippen molar-refractivity contribution in [3.63, 3.8) is 0 Å². The highest BCUT2D eigenvalue weighted by Crippen LogP contribution is 2.29. The Kier molecular flexibility index (Phi) is 9.07. The molecule has 1 saturated heterocycles. The molecule has 1 saturated carbocycles. The van der Waals surface area contributed by atoms with E-state index in [9.17, 15) is 4.79 Å². The minimum atomic E-state index is -0.306. The molecule has 1 aliphatic heterocycles. The lowest BCUT2D eigenvalue weighted by atomic mass is 10.0. The summed E-state index contributed by atoms with van der Waals surface area (Å²) in [7, 11) is 0. The van der Waals surface area contributed by atoms with E-state index in [-0.39, 0.29) is 36.8 Å². The molecule has 1 atom stereocenters. The van der Waals surface area contributed by atoms with Gasteiger partial charge in [0.2, 0.25) is 5.91 Å². The summed E-state index contributed by atoms with van der Waals surface area (Å²) < 4.78 is 0. The maximum absolute atomic E-state index is 12.2. The Morgan fingerprint density at radius 3 is 2.15 bits per heavy atom. The van der Waals surface area contributed by atoms with Crippen molar-refractivity contribution in [2.45, 2.75) is 39.2 Å². The maximum atomic E-state index is 12.2. The highest BCUT2D eigenvalue weighted by Gasteiger charge is 2.29. The van der Waals surface area contributed by atoms with Crippen LogP contribution in [0.4, 0.5) is 0 Å². The van der Waals surface area contributed by atoms with Crippen LogP contribution >= 0.6 is 24.8 Å². The molecule has 2 fully saturated rings. The van der Waals surface area contributed by atoms with Crippen molar-refractivity contribution >= 4 is 30.7 Å². The van der Waals surface area contributed by atoms with Crippen LogP contribution in [0.3, 0.4) is 0 Å². The van der Waals surface area contributed by atoms with Gasteiger partial charge in [0.05, 0.1) is 6.04 Å². The summed E-state index contributed by atoms with van der Waals surface area (Å²) >= 11 is 0. The van der Waals surface area contributed by atoms with Crippen LogP contribution in [-0.2, 0) is 4.79 Å². The van der Waals surface area contributed by atoms with Crippen molar-refractivity contribution in [1.82, 2.24) is 9.80 Å². The van der Waals surface area contributed by atoms with Crippen molar-refractivity contribution in [3.05, 3.63) is 0 Å². The maximum Gasteiger partial charge on any atom is 0.239 e. The van der Waals surface area contributed by atoms with Crippen molar-refractivity contribution < 1.29 is 4.79 Å². The van der Waals surface area contributed by atoms with Crippen molar-refractivity contribution in [2.75, 3.05) is 32.7 Å². The van der Waals surface area contributed by atoms with Crippen molar-refractivity contribution in [3.8, 4) is 0 Å². The minimum absolute atomic E-state index is 0. The summed E-state index contributed by atoms with van der Waals surface area (Å²) in [6, 6.07) is -0.306. The highest BCUT2D eigenvalue weighted by atomic mass is 35.5. The molecule has 1 amide bonds. The molecule has 0 bridgehead atoms. The molecule has 0 aromatic carbocycles. The van der Waals surface area contributed by atoms with Crippen LogP contribution in [0.25, 0.3) is 0 Å². The third kappa shape index (κ3) is 6.17. The molecule has 0 spiro atoms. The number of piperazine rings is 1. The fourth-order valence-corrected chi connectivity index (χ4v) is 2.66. The average molecular weight is 326 g/mol. The van der Waals surface area contributed by atoms with E-state index in [1.807, 2.05) is 4.90 Å². The van der Waals surface area contributed by atoms with Gasteiger partial charge in [-0.25, -0.2) is 0 Å². The molecular weight excluding hydrogens is 297 g/mol. The van der Waals surface area contributed by atoms with Gasteiger partial charge in [-0.15, -0.1) is 24.8 Å². The molecule has 6 heteroatoms. The Morgan fingerprint density at radius 2 is 1.70 bits per heavy atom. The van der Waals surface area contributed by atoms with Crippen LogP contribution in [0.1, 0.15) is 33.1 Å². The van der Waals surface area contributed by atoms with Crippen LogP contribution in [0.5, 0.6) is 0 Å². The lowest BCUT2D eigenvalue weighted by Crippen LogP contribution is -2.53. The summed E-state index contributed by atoms with van der Waals surface area (Å²) in [6.07, 6.45) is 3.60. The van der Waals surface area contributed by atoms with Crippen LogP contribution in [0.2, 0.25) is 0 Å². The second-order valence-corrected chi connectivity index (χ2v) is 6.31. The number of hydrogen-bond acceptors (Lipinski definition) is 3. The SMILES string of the molecule is CC(C)C[C@H](N)C(=O)N1CCN(CC2CC2)CC1.Cl.Cl. The molecule has 2 N–H and O–H groups in total. The fraction of sp³-hybridized carbons (Fsp3) is 0.929. The molecule has 1 aliphatic carbocycles. The number of nitrogens with zero attached hydrogens (tertiary/aromatic N) is 2. The third-order valence-corrected chi connectivity index (χ3v) is 3.94. The van der Waals surface area contributed by atoms with Gasteiger partial charge in [-0.1, -0.05) is 13.8 Å². The Labute approximate surface area is 135 Å². The van der Waals surface area contributed by atoms with Gasteiger partial charge in [0.25, 0.3) is 0 Å². The summed E-state index contributed by atoms with van der Waals surface area (Å²) in [5, 5.41) is 0. The minimum Gasteiger partial charge on any atom is -0.339 e. The molecule has 120 valence electrons. The predicted molar refractivity (Wildman–Crippen MR) is 87.7 cm³/mol. The van der Waals surface area contributed by atoms with E-state index >= 15 is 0 Å². The highest BCUT2D eigenvalue weighted by molar-refractivity contribution is 5.85. The molecular formula is C14H29Cl2N3O. The Bertz CT molecular complexity index is 290. The number of carbonyl (C=O) groups excluding carboxylic acids is 1. The van der Waals surface area contributed by atoms with Crippen molar-refractivity contribution in [2.24, 2.45) is 17.6 Å². The summed E-state index contributed by atoms with van der Waals surface area (Å²) in [5.41, 5.74) is 5.97. The number of rotatable bonds is 5. The summed E-state index contributed by atoms with van der Waals surface area (Å²) in [6.45, 7) is 9.23. The fourth-order valence-electron chi connectivity index (χ4n) is 2.66. The van der Waals surface area contributed by atoms with Crippen LogP contribution in [0, 0.1) is 11.8 Å². The van der Waals surface area contributed by atoms with E-state index in [0.717, 1.165) is 38.5 Å². The van der Waals surface area contributed by atoms with E-state index in [2.05, 4.69) is 18.7 Å². The molecule has 4 nitrogen and oxygen atoms in total. The number of carbonyl (C=O) groups is 1. The second kappa shape index (κ2) is 9.08. The lowest BCUT2D eigenvalue weighted by Gasteiger charge is -2.36. The largest absolute Gasteiger partial charge is 0.339 e. The monoisotopic (exact) mass is 325 g/mol. The number of amides is 1. The van der Waals surface area contributed by atoms with Gasteiger partial charge in [0, 0.05) is 32.7 Å². The standard InChI is InChI=1S/C14H27N3O.2ClH/c1-11(2)9-13(15)14(18)17-7-5-16(6-8-17)10-12-3-4-12;;/h11-13H,3-10,15H2,1-2H3;2*1H/t13-;;/m0../s1. The molecule has 0 unspecified atom stereocenters. The first kappa shape index (κ1) is 20.0.